The van der Waals surface area contributed by atoms with Crippen molar-refractivity contribution >= 4 is 6.29 Å². The average molecular weight is 181 g/mol. The summed E-state index contributed by atoms with van der Waals surface area (Å²) >= 11 is 0. The maximum Gasteiger partial charge on any atom is 0.151 e. The summed E-state index contributed by atoms with van der Waals surface area (Å²) in [6.07, 6.45) is -7.70. The van der Waals surface area contributed by atoms with E-state index in [0.717, 1.165) is 0 Å². The molecule has 72 valence electrons. The van der Waals surface area contributed by atoms with Crippen molar-refractivity contribution in [2.75, 3.05) is 6.58 Å². The third kappa shape index (κ3) is 2.84. The molecule has 6 heteroatoms. The molecule has 6 nitrogen and oxygen atoms in total. The van der Waals surface area contributed by atoms with E-state index in [0.29, 0.717) is 0 Å². The first-order valence-electron chi connectivity index (χ1n) is 3.77. The Morgan fingerprint density at radius 2 is 1.75 bits per heavy atom. The Labute approximate surface area is 70.1 Å². The molecule has 0 saturated heterocycles. The Kier molecular flexibility index (Phi) is 4.12. The van der Waals surface area contributed by atoms with Gasteiger partial charge in [-0.1, -0.05) is 0 Å². The number of hydrogen-bond acceptors (Lipinski definition) is 6. The van der Waals surface area contributed by atoms with Gasteiger partial charge in [0.1, 0.15) is 24.4 Å². The lowest BCUT2D eigenvalue weighted by Gasteiger charge is -2.22. The van der Waals surface area contributed by atoms with Gasteiger partial charge in [-0.25, -0.2) is 0 Å². The molecule has 0 radical (unpaired) electrons. The summed E-state index contributed by atoms with van der Waals surface area (Å²) in [6, 6.07) is 0. The Morgan fingerprint density at radius 3 is 2.08 bits per heavy atom. The number of carbonyl (C=O) groups is 1. The topological polar surface area (TPSA) is 118 Å². The molecule has 0 aromatic carbocycles. The molecule has 0 fully saturated rings. The van der Waals surface area contributed by atoms with E-state index in [1.807, 2.05) is 0 Å². The molecule has 0 aliphatic rings. The zero-order chi connectivity index (χ0) is 10.6. The second-order valence-electron chi connectivity index (χ2n) is 2.25. The van der Waals surface area contributed by atoms with Crippen molar-refractivity contribution in [3.63, 3.8) is 0 Å². The predicted octanol–water partition coefficient (Wildman–Crippen LogP) is -3.38. The summed E-state index contributed by atoms with van der Waals surface area (Å²) in [5.41, 5.74) is 0. The lowest BCUT2D eigenvalue weighted by molar-refractivity contribution is -0.136. The summed E-state index contributed by atoms with van der Waals surface area (Å²) in [7, 11) is 0. The van der Waals surface area contributed by atoms with Gasteiger partial charge < -0.3 is 30.3 Å². The van der Waals surface area contributed by atoms with Gasteiger partial charge in [-0.05, 0) is 0 Å². The van der Waals surface area contributed by atoms with E-state index in [-0.39, 0.29) is 6.29 Å². The van der Waals surface area contributed by atoms with Crippen molar-refractivity contribution in [2.24, 2.45) is 0 Å². The van der Waals surface area contributed by atoms with Crippen LogP contribution < -0.4 is 0 Å². The Balaban J connectivity index is 4.23. The van der Waals surface area contributed by atoms with Crippen LogP contribution in [0, 0.1) is 0 Å². The number of aliphatic hydroxyl groups excluding tert-OH is 5. The van der Waals surface area contributed by atoms with Gasteiger partial charge in [0.2, 0.25) is 0 Å². The van der Waals surface area contributed by atoms with Gasteiger partial charge in [-0.2, -0.15) is 0 Å². The van der Waals surface area contributed by atoms with E-state index in [4.69, 9.17) is 26.9 Å². The van der Waals surface area contributed by atoms with Crippen LogP contribution in [0.25, 0.3) is 0 Å². The molecular formula is C6H12O6. The van der Waals surface area contributed by atoms with Gasteiger partial charge in [0.15, 0.2) is 6.29 Å². The molecular weight excluding hydrogens is 168 g/mol. The van der Waals surface area contributed by atoms with Gasteiger partial charge in [-0.15, -0.1) is 0 Å². The Morgan fingerprint density at radius 1 is 1.25 bits per heavy atom. The SMILES string of the molecule is [2H]C(O)[C@@H](O)[C@@H](O)[C@H](O)[C@H](O)C=O. The smallest absolute Gasteiger partial charge is 0.151 e. The van der Waals surface area contributed by atoms with Crippen LogP contribution in [0.15, 0.2) is 0 Å². The fourth-order valence-corrected chi connectivity index (χ4v) is 0.573. The van der Waals surface area contributed by atoms with E-state index >= 15 is 0 Å². The zero-order valence-corrected chi connectivity index (χ0v) is 6.11. The van der Waals surface area contributed by atoms with Crippen LogP contribution in [0.2, 0.25) is 0 Å². The van der Waals surface area contributed by atoms with Crippen LogP contribution in [-0.2, 0) is 4.79 Å². The molecule has 0 rings (SSSR count). The van der Waals surface area contributed by atoms with Crippen LogP contribution in [0.5, 0.6) is 0 Å². The molecule has 0 amide bonds. The number of hydrogen-bond donors (Lipinski definition) is 5. The Bertz CT molecular complexity index is 163. The molecule has 0 aromatic heterocycles. The van der Waals surface area contributed by atoms with Crippen LogP contribution in [0.1, 0.15) is 1.37 Å². The van der Waals surface area contributed by atoms with E-state index in [1.54, 1.807) is 0 Å². The molecule has 0 heterocycles. The number of carbonyl (C=O) groups excluding carboxylic acids is 1. The second kappa shape index (κ2) is 5.18. The molecule has 5 atom stereocenters. The van der Waals surface area contributed by atoms with E-state index < -0.39 is 31.0 Å². The van der Waals surface area contributed by atoms with Crippen LogP contribution in [-0.4, -0.2) is 62.8 Å². The average Bonchev–Trinajstić information content (AvgIpc) is 2.12. The predicted molar refractivity (Wildman–Crippen MR) is 37.2 cm³/mol. The van der Waals surface area contributed by atoms with Crippen LogP contribution in [0.4, 0.5) is 0 Å². The van der Waals surface area contributed by atoms with Crippen LogP contribution >= 0.6 is 0 Å². The highest BCUT2D eigenvalue weighted by Crippen LogP contribution is 2.02. The third-order valence-corrected chi connectivity index (χ3v) is 1.34. The van der Waals surface area contributed by atoms with Gasteiger partial charge in [-0.3, -0.25) is 0 Å². The van der Waals surface area contributed by atoms with Crippen molar-refractivity contribution in [3.05, 3.63) is 0 Å². The van der Waals surface area contributed by atoms with Crippen molar-refractivity contribution in [1.29, 1.82) is 0 Å². The van der Waals surface area contributed by atoms with E-state index in [9.17, 15) is 4.79 Å². The quantitative estimate of drug-likeness (QED) is 0.282. The molecule has 0 spiro atoms. The largest absolute Gasteiger partial charge is 0.394 e. The molecule has 0 saturated carbocycles. The summed E-state index contributed by atoms with van der Waals surface area (Å²) in [5.74, 6) is 0. The van der Waals surface area contributed by atoms with Crippen molar-refractivity contribution in [3.8, 4) is 0 Å². The highest BCUT2D eigenvalue weighted by Gasteiger charge is 2.29. The lowest BCUT2D eigenvalue weighted by Crippen LogP contribution is -2.46. The maximum absolute atomic E-state index is 9.93. The van der Waals surface area contributed by atoms with Crippen molar-refractivity contribution in [1.82, 2.24) is 0 Å². The molecule has 5 N–H and O–H groups in total. The maximum atomic E-state index is 9.93. The minimum Gasteiger partial charge on any atom is -0.394 e. The lowest BCUT2D eigenvalue weighted by atomic mass is 10.0. The minimum absolute atomic E-state index is 0.0308. The van der Waals surface area contributed by atoms with Gasteiger partial charge >= 0.3 is 0 Å². The number of aldehydes is 1. The van der Waals surface area contributed by atoms with Crippen molar-refractivity contribution in [2.45, 2.75) is 24.4 Å². The number of aliphatic hydroxyl groups is 5. The fraction of sp³-hybridized carbons (Fsp3) is 0.833. The molecule has 0 aliphatic heterocycles. The molecule has 0 bridgehead atoms. The molecule has 1 unspecified atom stereocenters. The van der Waals surface area contributed by atoms with Crippen LogP contribution in [0.3, 0.4) is 0 Å². The first kappa shape index (κ1) is 9.56. The summed E-state index contributed by atoms with van der Waals surface area (Å²) < 4.78 is 6.57. The first-order chi connectivity index (χ1) is 5.91. The highest BCUT2D eigenvalue weighted by atomic mass is 16.4. The van der Waals surface area contributed by atoms with E-state index in [1.165, 1.54) is 0 Å². The van der Waals surface area contributed by atoms with Gasteiger partial charge in [0.25, 0.3) is 0 Å². The standard InChI is InChI=1S/C6H12O6/c7-1-3(9)5(11)6(12)4(10)2-8/h1,3-6,8-12H,2H2/t3-,4-,5-,6-/m1/s1/i2D/t2?,3-,4-,5-,6-. The summed E-state index contributed by atoms with van der Waals surface area (Å²) in [4.78, 5) is 9.93. The summed E-state index contributed by atoms with van der Waals surface area (Å²) in [6.45, 7) is -2.01. The molecule has 0 aliphatic carbocycles. The zero-order valence-electron chi connectivity index (χ0n) is 7.11. The monoisotopic (exact) mass is 181 g/mol. The van der Waals surface area contributed by atoms with Gasteiger partial charge in [0, 0.05) is 0 Å². The molecule has 12 heavy (non-hydrogen) atoms. The third-order valence-electron chi connectivity index (χ3n) is 1.34. The van der Waals surface area contributed by atoms with Gasteiger partial charge in [0.05, 0.1) is 7.95 Å². The van der Waals surface area contributed by atoms with E-state index in [2.05, 4.69) is 0 Å². The normalized spacial score (nSPS) is 24.9. The minimum atomic E-state index is -2.01. The second-order valence-corrected chi connectivity index (χ2v) is 2.25. The Hall–Kier alpha value is -0.530. The fourth-order valence-electron chi connectivity index (χ4n) is 0.573. The van der Waals surface area contributed by atoms with Crippen molar-refractivity contribution < 1.29 is 31.7 Å². The molecule has 0 aromatic rings. The number of rotatable bonds is 5. The highest BCUT2D eigenvalue weighted by molar-refractivity contribution is 5.56. The summed E-state index contributed by atoms with van der Waals surface area (Å²) in [5, 5.41) is 43.9. The first-order valence-corrected chi connectivity index (χ1v) is 3.19.